The van der Waals surface area contributed by atoms with E-state index in [2.05, 4.69) is 28.8 Å². The van der Waals surface area contributed by atoms with Crippen molar-refractivity contribution < 1.29 is 0 Å². The number of hydrogen-bond acceptors (Lipinski definition) is 2. The molecule has 0 aliphatic heterocycles. The van der Waals surface area contributed by atoms with Crippen LogP contribution in [0.3, 0.4) is 0 Å². The fourth-order valence-corrected chi connectivity index (χ4v) is 1.64. The van der Waals surface area contributed by atoms with Crippen LogP contribution in [0.5, 0.6) is 0 Å². The molecule has 2 N–H and O–H groups in total. The number of aryl methyl sites for hydroxylation is 1. The SMILES string of the molecule is C=C(C)CNCc1[nH]c(CCCC)nc1Cl. The Morgan fingerprint density at radius 2 is 2.31 bits per heavy atom. The quantitative estimate of drug-likeness (QED) is 0.721. The van der Waals surface area contributed by atoms with Gasteiger partial charge in [-0.05, 0) is 13.3 Å². The summed E-state index contributed by atoms with van der Waals surface area (Å²) < 4.78 is 0. The van der Waals surface area contributed by atoms with E-state index in [0.717, 1.165) is 36.5 Å². The highest BCUT2D eigenvalue weighted by atomic mass is 35.5. The lowest BCUT2D eigenvalue weighted by molar-refractivity contribution is 0.718. The van der Waals surface area contributed by atoms with Crippen molar-refractivity contribution in [3.8, 4) is 0 Å². The van der Waals surface area contributed by atoms with Crippen molar-refractivity contribution in [1.82, 2.24) is 15.3 Å². The minimum absolute atomic E-state index is 0.584. The zero-order chi connectivity index (χ0) is 12.0. The smallest absolute Gasteiger partial charge is 0.151 e. The number of rotatable bonds is 7. The number of H-pyrrole nitrogens is 1. The van der Waals surface area contributed by atoms with Gasteiger partial charge in [0.15, 0.2) is 5.15 Å². The molecule has 0 saturated carbocycles. The van der Waals surface area contributed by atoms with E-state index in [0.29, 0.717) is 11.7 Å². The summed E-state index contributed by atoms with van der Waals surface area (Å²) in [5.41, 5.74) is 2.08. The normalized spacial score (nSPS) is 10.7. The number of unbranched alkanes of at least 4 members (excludes halogenated alkanes) is 1. The molecule has 90 valence electrons. The molecule has 0 aliphatic carbocycles. The van der Waals surface area contributed by atoms with Crippen molar-refractivity contribution in [2.75, 3.05) is 6.54 Å². The van der Waals surface area contributed by atoms with Crippen LogP contribution in [-0.2, 0) is 13.0 Å². The molecule has 0 fully saturated rings. The third kappa shape index (κ3) is 4.37. The van der Waals surface area contributed by atoms with Gasteiger partial charge in [-0.25, -0.2) is 4.98 Å². The third-order valence-electron chi connectivity index (χ3n) is 2.27. The van der Waals surface area contributed by atoms with E-state index in [-0.39, 0.29) is 0 Å². The maximum atomic E-state index is 6.03. The number of hydrogen-bond donors (Lipinski definition) is 2. The summed E-state index contributed by atoms with van der Waals surface area (Å²) in [7, 11) is 0. The van der Waals surface area contributed by atoms with Crippen molar-refractivity contribution >= 4 is 11.6 Å². The Hall–Kier alpha value is -0.800. The van der Waals surface area contributed by atoms with E-state index >= 15 is 0 Å². The van der Waals surface area contributed by atoms with E-state index in [1.165, 1.54) is 6.42 Å². The third-order valence-corrected chi connectivity index (χ3v) is 2.59. The van der Waals surface area contributed by atoms with Crippen LogP contribution in [-0.4, -0.2) is 16.5 Å². The minimum Gasteiger partial charge on any atom is -0.344 e. The van der Waals surface area contributed by atoms with Crippen LogP contribution >= 0.6 is 11.6 Å². The van der Waals surface area contributed by atoms with Gasteiger partial charge in [0.25, 0.3) is 0 Å². The first-order valence-corrected chi connectivity index (χ1v) is 6.09. The predicted molar refractivity (Wildman–Crippen MR) is 68.7 cm³/mol. The van der Waals surface area contributed by atoms with Crippen molar-refractivity contribution in [2.24, 2.45) is 0 Å². The number of aromatic nitrogens is 2. The summed E-state index contributed by atoms with van der Waals surface area (Å²) in [6.07, 6.45) is 3.28. The number of halogens is 1. The second-order valence-electron chi connectivity index (χ2n) is 4.12. The van der Waals surface area contributed by atoms with Crippen LogP contribution in [0.2, 0.25) is 5.15 Å². The standard InChI is InChI=1S/C12H20ClN3/c1-4-5-6-11-15-10(12(13)16-11)8-14-7-9(2)3/h14H,2,4-8H2,1,3H3,(H,15,16). The molecule has 1 rings (SSSR count). The van der Waals surface area contributed by atoms with Crippen molar-refractivity contribution in [2.45, 2.75) is 39.7 Å². The molecular formula is C12H20ClN3. The lowest BCUT2D eigenvalue weighted by Gasteiger charge is -2.02. The van der Waals surface area contributed by atoms with E-state index in [1.807, 2.05) is 6.92 Å². The monoisotopic (exact) mass is 241 g/mol. The maximum absolute atomic E-state index is 6.03. The molecular weight excluding hydrogens is 222 g/mol. The van der Waals surface area contributed by atoms with Crippen LogP contribution in [0.15, 0.2) is 12.2 Å². The van der Waals surface area contributed by atoms with Gasteiger partial charge in [-0.1, -0.05) is 37.1 Å². The minimum atomic E-state index is 0.584. The lowest BCUT2D eigenvalue weighted by Crippen LogP contribution is -2.15. The Morgan fingerprint density at radius 3 is 2.94 bits per heavy atom. The van der Waals surface area contributed by atoms with Gasteiger partial charge in [-0.2, -0.15) is 0 Å². The van der Waals surface area contributed by atoms with E-state index < -0.39 is 0 Å². The molecule has 1 aromatic rings. The molecule has 4 heteroatoms. The largest absolute Gasteiger partial charge is 0.344 e. The van der Waals surface area contributed by atoms with Gasteiger partial charge in [0.05, 0.1) is 5.69 Å². The number of nitrogens with one attached hydrogen (secondary N) is 2. The molecule has 3 nitrogen and oxygen atoms in total. The molecule has 0 radical (unpaired) electrons. The fraction of sp³-hybridized carbons (Fsp3) is 0.583. The van der Waals surface area contributed by atoms with Gasteiger partial charge in [-0.15, -0.1) is 0 Å². The summed E-state index contributed by atoms with van der Waals surface area (Å²) >= 11 is 6.03. The first-order valence-electron chi connectivity index (χ1n) is 5.71. The van der Waals surface area contributed by atoms with Gasteiger partial charge >= 0.3 is 0 Å². The van der Waals surface area contributed by atoms with Gasteiger partial charge in [-0.3, -0.25) is 0 Å². The molecule has 0 spiro atoms. The first-order chi connectivity index (χ1) is 7.63. The zero-order valence-corrected chi connectivity index (χ0v) is 10.8. The molecule has 0 aromatic carbocycles. The molecule has 0 bridgehead atoms. The molecule has 1 aromatic heterocycles. The molecule has 16 heavy (non-hydrogen) atoms. The highest BCUT2D eigenvalue weighted by molar-refractivity contribution is 6.30. The average molecular weight is 242 g/mol. The number of aromatic amines is 1. The van der Waals surface area contributed by atoms with Crippen molar-refractivity contribution in [1.29, 1.82) is 0 Å². The Balaban J connectivity index is 2.46. The van der Waals surface area contributed by atoms with E-state index in [1.54, 1.807) is 0 Å². The molecule has 0 unspecified atom stereocenters. The summed E-state index contributed by atoms with van der Waals surface area (Å²) in [6, 6.07) is 0. The maximum Gasteiger partial charge on any atom is 0.151 e. The highest BCUT2D eigenvalue weighted by Gasteiger charge is 2.07. The van der Waals surface area contributed by atoms with Crippen LogP contribution in [0, 0.1) is 0 Å². The Bertz CT molecular complexity index is 344. The van der Waals surface area contributed by atoms with Crippen LogP contribution < -0.4 is 5.32 Å². The molecule has 1 heterocycles. The summed E-state index contributed by atoms with van der Waals surface area (Å²) in [5.74, 6) is 0.985. The van der Waals surface area contributed by atoms with Gasteiger partial charge in [0, 0.05) is 19.5 Å². The van der Waals surface area contributed by atoms with Gasteiger partial charge < -0.3 is 10.3 Å². The summed E-state index contributed by atoms with van der Waals surface area (Å²) in [5, 5.41) is 3.84. The first kappa shape index (κ1) is 13.3. The summed E-state index contributed by atoms with van der Waals surface area (Å²) in [4.78, 5) is 7.55. The second kappa shape index (κ2) is 6.71. The summed E-state index contributed by atoms with van der Waals surface area (Å²) in [6.45, 7) is 9.51. The Labute approximate surface area is 102 Å². The van der Waals surface area contributed by atoms with Crippen LogP contribution in [0.1, 0.15) is 38.2 Å². The lowest BCUT2D eigenvalue weighted by atomic mass is 10.2. The average Bonchev–Trinajstić information content (AvgIpc) is 2.56. The van der Waals surface area contributed by atoms with Crippen molar-refractivity contribution in [3.05, 3.63) is 28.8 Å². The predicted octanol–water partition coefficient (Wildman–Crippen LogP) is 3.07. The van der Waals surface area contributed by atoms with Gasteiger partial charge in [0.1, 0.15) is 5.82 Å². The Kier molecular flexibility index (Phi) is 5.56. The molecule has 0 atom stereocenters. The highest BCUT2D eigenvalue weighted by Crippen LogP contribution is 2.13. The topological polar surface area (TPSA) is 40.7 Å². The van der Waals surface area contributed by atoms with Gasteiger partial charge in [0.2, 0.25) is 0 Å². The fourth-order valence-electron chi connectivity index (χ4n) is 1.42. The molecule has 0 saturated heterocycles. The van der Waals surface area contributed by atoms with Crippen molar-refractivity contribution in [3.63, 3.8) is 0 Å². The number of imidazole rings is 1. The van der Waals surface area contributed by atoms with Crippen LogP contribution in [0.25, 0.3) is 0 Å². The zero-order valence-electron chi connectivity index (χ0n) is 10.1. The molecule has 0 aliphatic rings. The van der Waals surface area contributed by atoms with E-state index in [4.69, 9.17) is 11.6 Å². The Morgan fingerprint density at radius 1 is 1.56 bits per heavy atom. The number of nitrogens with zero attached hydrogens (tertiary/aromatic N) is 1. The second-order valence-corrected chi connectivity index (χ2v) is 4.48. The molecule has 0 amide bonds. The van der Waals surface area contributed by atoms with E-state index in [9.17, 15) is 0 Å². The van der Waals surface area contributed by atoms with Crippen LogP contribution in [0.4, 0.5) is 0 Å².